The summed E-state index contributed by atoms with van der Waals surface area (Å²) in [5.74, 6) is -0.895. The molecule has 10 heteroatoms. The van der Waals surface area contributed by atoms with E-state index in [1.165, 1.54) is 7.05 Å². The first kappa shape index (κ1) is 16.4. The molecule has 0 amide bonds. The number of hydrogen-bond donors (Lipinski definition) is 1. The maximum Gasteiger partial charge on any atom is 0.322 e. The van der Waals surface area contributed by atoms with Crippen LogP contribution in [0.5, 0.6) is 0 Å². The van der Waals surface area contributed by atoms with Crippen LogP contribution in [0.25, 0.3) is 0 Å². The lowest BCUT2D eigenvalue weighted by molar-refractivity contribution is -0.143. The molecule has 0 saturated carbocycles. The summed E-state index contributed by atoms with van der Waals surface area (Å²) in [7, 11) is -2.50. The molecule has 1 aliphatic rings. The number of carboxylic acids is 1. The molecule has 8 nitrogen and oxygen atoms in total. The molecule has 0 spiro atoms. The molecule has 2 unspecified atom stereocenters. The summed E-state index contributed by atoms with van der Waals surface area (Å²) in [6.45, 7) is 2.17. The molecular weight excluding hydrogens is 364 g/mol. The molecule has 1 fully saturated rings. The number of hydrogen-bond acceptors (Lipinski definition) is 5. The van der Waals surface area contributed by atoms with Gasteiger partial charge in [-0.05, 0) is 34.7 Å². The zero-order valence-electron chi connectivity index (χ0n) is 11.7. The lowest BCUT2D eigenvalue weighted by Crippen LogP contribution is -2.50. The molecule has 1 aromatic rings. The van der Waals surface area contributed by atoms with Crippen LogP contribution >= 0.6 is 15.9 Å². The molecule has 0 aromatic carbocycles. The molecule has 1 saturated heterocycles. The van der Waals surface area contributed by atoms with Crippen LogP contribution in [0.4, 0.5) is 0 Å². The van der Waals surface area contributed by atoms with E-state index in [2.05, 4.69) is 26.2 Å². The quantitative estimate of drug-likeness (QED) is 0.829. The largest absolute Gasteiger partial charge is 0.480 e. The van der Waals surface area contributed by atoms with Crippen molar-refractivity contribution in [1.82, 2.24) is 19.3 Å². The highest BCUT2D eigenvalue weighted by Crippen LogP contribution is 2.31. The van der Waals surface area contributed by atoms with Crippen LogP contribution in [0, 0.1) is 5.92 Å². The Labute approximate surface area is 131 Å². The van der Waals surface area contributed by atoms with E-state index in [1.54, 1.807) is 0 Å². The second-order valence-corrected chi connectivity index (χ2v) is 7.63. The van der Waals surface area contributed by atoms with Crippen LogP contribution in [0.1, 0.15) is 26.2 Å². The summed E-state index contributed by atoms with van der Waals surface area (Å²) in [5.41, 5.74) is 0. The number of aryl methyl sites for hydroxylation is 1. The first-order valence-corrected chi connectivity index (χ1v) is 8.82. The normalized spacial score (nSPS) is 24.1. The van der Waals surface area contributed by atoms with E-state index < -0.39 is 22.0 Å². The highest BCUT2D eigenvalue weighted by molar-refractivity contribution is 9.10. The third-order valence-electron chi connectivity index (χ3n) is 3.81. The molecule has 1 aliphatic heterocycles. The number of rotatable bonds is 4. The minimum atomic E-state index is -3.96. The van der Waals surface area contributed by atoms with E-state index in [0.717, 1.165) is 15.4 Å². The average molecular weight is 381 g/mol. The number of aliphatic carboxylic acids is 1. The number of piperidine rings is 1. The van der Waals surface area contributed by atoms with Gasteiger partial charge in [0.25, 0.3) is 10.0 Å². The summed E-state index contributed by atoms with van der Waals surface area (Å²) in [6, 6.07) is -1.05. The van der Waals surface area contributed by atoms with Crippen LogP contribution in [0.15, 0.2) is 9.63 Å². The van der Waals surface area contributed by atoms with E-state index >= 15 is 0 Å². The van der Waals surface area contributed by atoms with Gasteiger partial charge in [-0.25, -0.2) is 13.1 Å². The lowest BCUT2D eigenvalue weighted by Gasteiger charge is -2.35. The van der Waals surface area contributed by atoms with Gasteiger partial charge in [-0.1, -0.05) is 18.6 Å². The van der Waals surface area contributed by atoms with Gasteiger partial charge >= 0.3 is 5.97 Å². The highest BCUT2D eigenvalue weighted by atomic mass is 79.9. The second-order valence-electron chi connectivity index (χ2n) is 5.08. The maximum atomic E-state index is 12.7. The van der Waals surface area contributed by atoms with Crippen LogP contribution in [0.2, 0.25) is 0 Å². The van der Waals surface area contributed by atoms with Crippen molar-refractivity contribution < 1.29 is 18.3 Å². The Morgan fingerprint density at radius 1 is 1.52 bits per heavy atom. The molecular formula is C11H17BrN4O4S. The standard InChI is InChI=1S/C11H17BrN4O4S/c1-3-7-4-5-16(8(6-7)11(17)18)21(19,20)10-9(12)13-14-15(10)2/h7-8H,3-6H2,1-2H3,(H,17,18). The summed E-state index contributed by atoms with van der Waals surface area (Å²) in [6.07, 6.45) is 1.82. The van der Waals surface area contributed by atoms with Gasteiger partial charge in [-0.15, -0.1) is 5.10 Å². The van der Waals surface area contributed by atoms with Crippen LogP contribution in [-0.2, 0) is 21.9 Å². The fourth-order valence-corrected chi connectivity index (χ4v) is 5.25. The molecule has 2 rings (SSSR count). The van der Waals surface area contributed by atoms with Crippen LogP contribution < -0.4 is 0 Å². The van der Waals surface area contributed by atoms with Crippen LogP contribution in [0.3, 0.4) is 0 Å². The zero-order chi connectivity index (χ0) is 15.8. The molecule has 1 aromatic heterocycles. The first-order chi connectivity index (χ1) is 9.78. The molecule has 0 radical (unpaired) electrons. The fraction of sp³-hybridized carbons (Fsp3) is 0.727. The van der Waals surface area contributed by atoms with Gasteiger partial charge in [-0.3, -0.25) is 4.79 Å². The van der Waals surface area contributed by atoms with Crippen molar-refractivity contribution in [3.8, 4) is 0 Å². The first-order valence-electron chi connectivity index (χ1n) is 6.58. The maximum absolute atomic E-state index is 12.7. The Hall–Kier alpha value is -1.00. The topological polar surface area (TPSA) is 105 Å². The van der Waals surface area contributed by atoms with E-state index in [-0.39, 0.29) is 22.1 Å². The fourth-order valence-electron chi connectivity index (χ4n) is 2.61. The predicted octanol–water partition coefficient (Wildman–Crippen LogP) is 0.841. The van der Waals surface area contributed by atoms with Crippen molar-refractivity contribution in [3.63, 3.8) is 0 Å². The van der Waals surface area contributed by atoms with Gasteiger partial charge in [0.05, 0.1) is 0 Å². The number of nitrogens with zero attached hydrogens (tertiary/aromatic N) is 4. The monoisotopic (exact) mass is 380 g/mol. The minimum absolute atomic E-state index is 0.0896. The van der Waals surface area contributed by atoms with Crippen molar-refractivity contribution in [1.29, 1.82) is 0 Å². The van der Waals surface area contributed by atoms with E-state index in [0.29, 0.717) is 12.8 Å². The number of carboxylic acid groups (broad SMARTS) is 1. The van der Waals surface area contributed by atoms with Crippen LogP contribution in [-0.4, -0.2) is 51.4 Å². The Morgan fingerprint density at radius 3 is 2.67 bits per heavy atom. The van der Waals surface area contributed by atoms with Crippen molar-refractivity contribution in [2.45, 2.75) is 37.3 Å². The van der Waals surface area contributed by atoms with Gasteiger partial charge in [-0.2, -0.15) is 4.31 Å². The smallest absolute Gasteiger partial charge is 0.322 e. The van der Waals surface area contributed by atoms with Gasteiger partial charge in [0.2, 0.25) is 5.03 Å². The Morgan fingerprint density at radius 2 is 2.19 bits per heavy atom. The van der Waals surface area contributed by atoms with E-state index in [9.17, 15) is 18.3 Å². The molecule has 0 aliphatic carbocycles. The Kier molecular flexibility index (Phi) is 4.69. The molecule has 21 heavy (non-hydrogen) atoms. The van der Waals surface area contributed by atoms with Crippen molar-refractivity contribution in [2.24, 2.45) is 13.0 Å². The Balaban J connectivity index is 2.41. The average Bonchev–Trinajstić information content (AvgIpc) is 2.77. The second kappa shape index (κ2) is 6.01. The van der Waals surface area contributed by atoms with Gasteiger partial charge < -0.3 is 5.11 Å². The van der Waals surface area contributed by atoms with Crippen molar-refractivity contribution >= 4 is 31.9 Å². The van der Waals surface area contributed by atoms with Gasteiger partial charge in [0.1, 0.15) is 6.04 Å². The third kappa shape index (κ3) is 2.97. The lowest BCUT2D eigenvalue weighted by atomic mass is 9.90. The Bertz CT molecular complexity index is 625. The molecule has 0 bridgehead atoms. The number of sulfonamides is 1. The van der Waals surface area contributed by atoms with Gasteiger partial charge in [0, 0.05) is 13.6 Å². The van der Waals surface area contributed by atoms with E-state index in [1.807, 2.05) is 6.92 Å². The predicted molar refractivity (Wildman–Crippen MR) is 77.0 cm³/mol. The highest BCUT2D eigenvalue weighted by Gasteiger charge is 2.42. The van der Waals surface area contributed by atoms with E-state index in [4.69, 9.17) is 0 Å². The van der Waals surface area contributed by atoms with Gasteiger partial charge in [0.15, 0.2) is 4.60 Å². The third-order valence-corrected chi connectivity index (χ3v) is 6.61. The molecule has 2 heterocycles. The summed E-state index contributed by atoms with van der Waals surface area (Å²) >= 11 is 3.05. The summed E-state index contributed by atoms with van der Waals surface area (Å²) in [4.78, 5) is 11.5. The summed E-state index contributed by atoms with van der Waals surface area (Å²) in [5, 5.41) is 16.5. The molecule has 118 valence electrons. The number of halogens is 1. The zero-order valence-corrected chi connectivity index (χ0v) is 14.1. The number of carbonyl (C=O) groups is 1. The SMILES string of the molecule is CCC1CCN(S(=O)(=O)c2c(Br)nnn2C)C(C(=O)O)C1. The van der Waals surface area contributed by atoms with Crippen molar-refractivity contribution in [2.75, 3.05) is 6.54 Å². The molecule has 2 atom stereocenters. The summed E-state index contributed by atoms with van der Waals surface area (Å²) < 4.78 is 27.7. The van der Waals surface area contributed by atoms with Crippen molar-refractivity contribution in [3.05, 3.63) is 4.60 Å². The molecule has 1 N–H and O–H groups in total. The minimum Gasteiger partial charge on any atom is -0.480 e. The number of aromatic nitrogens is 3.